The molecule has 2 amide bonds. The molecule has 1 unspecified atom stereocenters. The van der Waals surface area contributed by atoms with Gasteiger partial charge in [-0.2, -0.15) is 0 Å². The second-order valence-electron chi connectivity index (χ2n) is 7.30. The van der Waals surface area contributed by atoms with Gasteiger partial charge in [0.1, 0.15) is 11.4 Å². The molecule has 6 heteroatoms. The van der Waals surface area contributed by atoms with Crippen LogP contribution in [0.2, 0.25) is 0 Å². The number of aryl methyl sites for hydroxylation is 1. The van der Waals surface area contributed by atoms with Crippen LogP contribution in [-0.2, 0) is 16.0 Å². The third-order valence-electron chi connectivity index (χ3n) is 3.51. The summed E-state index contributed by atoms with van der Waals surface area (Å²) in [6.45, 7) is 7.64. The number of ether oxygens (including phenoxy) is 1. The number of amides is 2. The van der Waals surface area contributed by atoms with E-state index in [-0.39, 0.29) is 17.8 Å². The first-order valence-electron chi connectivity index (χ1n) is 8.55. The number of nitrogens with zero attached hydrogens (tertiary/aromatic N) is 1. The Kier molecular flexibility index (Phi) is 7.87. The van der Waals surface area contributed by atoms with E-state index >= 15 is 0 Å². The van der Waals surface area contributed by atoms with E-state index in [0.717, 1.165) is 12.0 Å². The Morgan fingerprint density at radius 2 is 1.84 bits per heavy atom. The number of alkyl carbamates (subject to hydrolysis) is 1. The van der Waals surface area contributed by atoms with Crippen molar-refractivity contribution in [1.29, 1.82) is 0 Å². The average Bonchev–Trinajstić information content (AvgIpc) is 2.46. The SMILES string of the molecule is CC(CN(C)C(=O)CCCc1ccc(F)cc1)NC(=O)OC(C)(C)C. The lowest BCUT2D eigenvalue weighted by molar-refractivity contribution is -0.130. The fraction of sp³-hybridized carbons (Fsp3) is 0.579. The van der Waals surface area contributed by atoms with Gasteiger partial charge in [0, 0.05) is 26.1 Å². The average molecular weight is 352 g/mol. The molecule has 0 aromatic heterocycles. The molecule has 0 bridgehead atoms. The van der Waals surface area contributed by atoms with E-state index in [0.29, 0.717) is 19.4 Å². The summed E-state index contributed by atoms with van der Waals surface area (Å²) >= 11 is 0. The van der Waals surface area contributed by atoms with Crippen molar-refractivity contribution >= 4 is 12.0 Å². The van der Waals surface area contributed by atoms with Gasteiger partial charge in [-0.25, -0.2) is 9.18 Å². The number of benzene rings is 1. The summed E-state index contributed by atoms with van der Waals surface area (Å²) in [5.41, 5.74) is 0.461. The van der Waals surface area contributed by atoms with Gasteiger partial charge in [-0.3, -0.25) is 4.79 Å². The fourth-order valence-electron chi connectivity index (χ4n) is 2.35. The van der Waals surface area contributed by atoms with Crippen LogP contribution in [0, 0.1) is 5.82 Å². The maximum absolute atomic E-state index is 12.8. The molecule has 0 aliphatic rings. The molecule has 0 saturated carbocycles. The molecular weight excluding hydrogens is 323 g/mol. The van der Waals surface area contributed by atoms with Crippen molar-refractivity contribution in [3.8, 4) is 0 Å². The molecular formula is C19H29FN2O3. The summed E-state index contributed by atoms with van der Waals surface area (Å²) in [7, 11) is 1.72. The van der Waals surface area contributed by atoms with Gasteiger partial charge in [0.15, 0.2) is 0 Å². The van der Waals surface area contributed by atoms with E-state index in [1.54, 1.807) is 44.9 Å². The van der Waals surface area contributed by atoms with Crippen LogP contribution >= 0.6 is 0 Å². The predicted molar refractivity (Wildman–Crippen MR) is 95.8 cm³/mol. The Morgan fingerprint density at radius 1 is 1.24 bits per heavy atom. The maximum atomic E-state index is 12.8. The Bertz CT molecular complexity index is 567. The monoisotopic (exact) mass is 352 g/mol. The molecule has 0 aliphatic heterocycles. The molecule has 0 fully saturated rings. The Hall–Kier alpha value is -2.11. The van der Waals surface area contributed by atoms with Crippen LogP contribution in [0.15, 0.2) is 24.3 Å². The standard InChI is InChI=1S/C19H29FN2O3/c1-14(21-18(24)25-19(2,3)4)13-22(5)17(23)8-6-7-15-9-11-16(20)12-10-15/h9-12,14H,6-8,13H2,1-5H3,(H,21,24). The third-order valence-corrected chi connectivity index (χ3v) is 3.51. The largest absolute Gasteiger partial charge is 0.444 e. The quantitative estimate of drug-likeness (QED) is 0.817. The molecule has 1 atom stereocenters. The highest BCUT2D eigenvalue weighted by Gasteiger charge is 2.19. The van der Waals surface area contributed by atoms with Crippen molar-refractivity contribution in [2.45, 2.75) is 58.6 Å². The van der Waals surface area contributed by atoms with Crippen molar-refractivity contribution in [2.75, 3.05) is 13.6 Å². The molecule has 1 rings (SSSR count). The first-order valence-corrected chi connectivity index (χ1v) is 8.55. The maximum Gasteiger partial charge on any atom is 0.407 e. The number of halogens is 1. The summed E-state index contributed by atoms with van der Waals surface area (Å²) < 4.78 is 18.0. The minimum absolute atomic E-state index is 0.0138. The molecule has 0 radical (unpaired) electrons. The minimum atomic E-state index is -0.550. The van der Waals surface area contributed by atoms with Crippen LogP contribution in [0.25, 0.3) is 0 Å². The lowest BCUT2D eigenvalue weighted by Crippen LogP contribution is -2.44. The smallest absolute Gasteiger partial charge is 0.407 e. The zero-order chi connectivity index (χ0) is 19.0. The van der Waals surface area contributed by atoms with Gasteiger partial charge in [-0.05, 0) is 58.2 Å². The molecule has 1 N–H and O–H groups in total. The molecule has 1 aromatic carbocycles. The predicted octanol–water partition coefficient (Wildman–Crippen LogP) is 3.52. The molecule has 0 heterocycles. The first-order chi connectivity index (χ1) is 11.6. The Labute approximate surface area is 149 Å². The topological polar surface area (TPSA) is 58.6 Å². The summed E-state index contributed by atoms with van der Waals surface area (Å²) in [5.74, 6) is -0.244. The van der Waals surface area contributed by atoms with E-state index < -0.39 is 11.7 Å². The van der Waals surface area contributed by atoms with E-state index in [2.05, 4.69) is 5.32 Å². The number of carbonyl (C=O) groups excluding carboxylic acids is 2. The fourth-order valence-corrected chi connectivity index (χ4v) is 2.35. The summed E-state index contributed by atoms with van der Waals surface area (Å²) in [5, 5.41) is 2.72. The van der Waals surface area contributed by atoms with Crippen LogP contribution in [0.1, 0.15) is 46.1 Å². The van der Waals surface area contributed by atoms with Gasteiger partial charge < -0.3 is 15.0 Å². The normalized spacial score (nSPS) is 12.4. The molecule has 0 spiro atoms. The minimum Gasteiger partial charge on any atom is -0.444 e. The van der Waals surface area contributed by atoms with Crippen LogP contribution in [0.5, 0.6) is 0 Å². The molecule has 5 nitrogen and oxygen atoms in total. The molecule has 0 aliphatic carbocycles. The zero-order valence-electron chi connectivity index (χ0n) is 15.8. The van der Waals surface area contributed by atoms with Crippen molar-refractivity contribution in [3.05, 3.63) is 35.6 Å². The van der Waals surface area contributed by atoms with E-state index in [1.165, 1.54) is 12.1 Å². The molecule has 1 aromatic rings. The summed E-state index contributed by atoms with van der Waals surface area (Å²) in [6, 6.07) is 6.11. The van der Waals surface area contributed by atoms with E-state index in [1.807, 2.05) is 6.92 Å². The number of rotatable bonds is 7. The van der Waals surface area contributed by atoms with Gasteiger partial charge in [0.25, 0.3) is 0 Å². The third kappa shape index (κ3) is 9.08. The lowest BCUT2D eigenvalue weighted by atomic mass is 10.1. The van der Waals surface area contributed by atoms with Gasteiger partial charge >= 0.3 is 6.09 Å². The van der Waals surface area contributed by atoms with Crippen molar-refractivity contribution < 1.29 is 18.7 Å². The molecule has 25 heavy (non-hydrogen) atoms. The molecule has 140 valence electrons. The Morgan fingerprint density at radius 3 is 2.40 bits per heavy atom. The highest BCUT2D eigenvalue weighted by Crippen LogP contribution is 2.09. The van der Waals surface area contributed by atoms with E-state index in [4.69, 9.17) is 4.74 Å². The van der Waals surface area contributed by atoms with Crippen LogP contribution in [0.4, 0.5) is 9.18 Å². The first kappa shape index (κ1) is 20.9. The number of carbonyl (C=O) groups is 2. The van der Waals surface area contributed by atoms with E-state index in [9.17, 15) is 14.0 Å². The summed E-state index contributed by atoms with van der Waals surface area (Å²) in [4.78, 5) is 25.5. The summed E-state index contributed by atoms with van der Waals surface area (Å²) in [6.07, 6.45) is 1.35. The molecule has 0 saturated heterocycles. The van der Waals surface area contributed by atoms with Gasteiger partial charge in [0.05, 0.1) is 0 Å². The lowest BCUT2D eigenvalue weighted by Gasteiger charge is -2.25. The number of hydrogen-bond donors (Lipinski definition) is 1. The van der Waals surface area contributed by atoms with Crippen molar-refractivity contribution in [2.24, 2.45) is 0 Å². The van der Waals surface area contributed by atoms with Crippen molar-refractivity contribution in [3.63, 3.8) is 0 Å². The van der Waals surface area contributed by atoms with Crippen LogP contribution < -0.4 is 5.32 Å². The van der Waals surface area contributed by atoms with Gasteiger partial charge in [0.2, 0.25) is 5.91 Å². The number of hydrogen-bond acceptors (Lipinski definition) is 3. The van der Waals surface area contributed by atoms with Crippen LogP contribution in [0.3, 0.4) is 0 Å². The van der Waals surface area contributed by atoms with Gasteiger partial charge in [-0.1, -0.05) is 12.1 Å². The zero-order valence-corrected chi connectivity index (χ0v) is 15.8. The number of nitrogens with one attached hydrogen (secondary N) is 1. The number of likely N-dealkylation sites (N-methyl/N-ethyl adjacent to an activating group) is 1. The highest BCUT2D eigenvalue weighted by molar-refractivity contribution is 5.76. The van der Waals surface area contributed by atoms with Gasteiger partial charge in [-0.15, -0.1) is 0 Å². The van der Waals surface area contributed by atoms with Crippen LogP contribution in [-0.4, -0.2) is 42.1 Å². The van der Waals surface area contributed by atoms with Crippen molar-refractivity contribution in [1.82, 2.24) is 10.2 Å². The second kappa shape index (κ2) is 9.39. The second-order valence-corrected chi connectivity index (χ2v) is 7.30. The highest BCUT2D eigenvalue weighted by atomic mass is 19.1. The Balaban J connectivity index is 2.30.